The van der Waals surface area contributed by atoms with Crippen LogP contribution in [0.2, 0.25) is 0 Å². The van der Waals surface area contributed by atoms with E-state index in [0.717, 1.165) is 19.3 Å². The zero-order valence-corrected chi connectivity index (χ0v) is 16.6. The lowest BCUT2D eigenvalue weighted by Crippen LogP contribution is -2.29. The third-order valence-corrected chi connectivity index (χ3v) is 6.38. The molecule has 1 heterocycles. The first-order valence-corrected chi connectivity index (χ1v) is 10.8. The maximum Gasteiger partial charge on any atom is 0.264 e. The van der Waals surface area contributed by atoms with Crippen molar-refractivity contribution in [1.29, 1.82) is 0 Å². The van der Waals surface area contributed by atoms with Crippen LogP contribution in [0.5, 0.6) is 0 Å². The molecule has 0 fully saturated rings. The van der Waals surface area contributed by atoms with Gasteiger partial charge in [0.25, 0.3) is 10.0 Å². The van der Waals surface area contributed by atoms with Crippen LogP contribution in [0.3, 0.4) is 0 Å². The van der Waals surface area contributed by atoms with Gasteiger partial charge in [0.05, 0.1) is 0 Å². The molecule has 8 heteroatoms. The van der Waals surface area contributed by atoms with Crippen molar-refractivity contribution in [2.24, 2.45) is 4.99 Å². The van der Waals surface area contributed by atoms with E-state index in [1.165, 1.54) is 42.7 Å². The normalized spacial score (nSPS) is 20.1. The number of carbonyl (C=O) groups excluding carboxylic acids is 1. The third-order valence-electron chi connectivity index (χ3n) is 4.84. The molecule has 2 N–H and O–H groups in total. The molecular weight excluding hydrogens is 381 g/mol. The Labute approximate surface area is 164 Å². The van der Waals surface area contributed by atoms with Crippen molar-refractivity contribution in [3.8, 4) is 0 Å². The highest BCUT2D eigenvalue weighted by Gasteiger charge is 2.32. The van der Waals surface area contributed by atoms with Crippen molar-refractivity contribution >= 4 is 26.7 Å². The highest BCUT2D eigenvalue weighted by atomic mass is 32.2. The lowest BCUT2D eigenvalue weighted by atomic mass is 9.97. The summed E-state index contributed by atoms with van der Waals surface area (Å²) in [6.07, 6.45) is 7.72. The molecule has 3 rings (SSSR count). The number of sulfonamides is 1. The number of aliphatic imine (C=N–C) groups is 1. The Morgan fingerprint density at radius 2 is 2.00 bits per heavy atom. The van der Waals surface area contributed by atoms with E-state index < -0.39 is 15.8 Å². The number of nitrogens with one attached hydrogen (secondary N) is 2. The molecule has 0 radical (unpaired) electrons. The van der Waals surface area contributed by atoms with Gasteiger partial charge in [-0.2, -0.15) is 0 Å². The highest BCUT2D eigenvalue weighted by Crippen LogP contribution is 2.29. The van der Waals surface area contributed by atoms with E-state index in [0.29, 0.717) is 17.7 Å². The smallest absolute Gasteiger partial charge is 0.264 e. The number of hydrogen-bond acceptors (Lipinski definition) is 4. The molecule has 0 spiro atoms. The number of rotatable bonds is 6. The molecule has 0 unspecified atom stereocenters. The average molecular weight is 405 g/mol. The molecule has 2 aliphatic rings. The fraction of sp³-hybridized carbons (Fsp3) is 0.400. The molecule has 1 aliphatic carbocycles. The van der Waals surface area contributed by atoms with E-state index in [2.05, 4.69) is 21.1 Å². The third kappa shape index (κ3) is 4.86. The fourth-order valence-corrected chi connectivity index (χ4v) is 4.91. The molecule has 28 heavy (non-hydrogen) atoms. The van der Waals surface area contributed by atoms with Crippen molar-refractivity contribution < 1.29 is 17.6 Å². The average Bonchev–Trinajstić information content (AvgIpc) is 2.90. The van der Waals surface area contributed by atoms with E-state index in [9.17, 15) is 17.6 Å². The van der Waals surface area contributed by atoms with Gasteiger partial charge in [0.2, 0.25) is 5.91 Å². The van der Waals surface area contributed by atoms with E-state index in [1.807, 2.05) is 0 Å². The van der Waals surface area contributed by atoms with E-state index >= 15 is 0 Å². The zero-order valence-electron chi connectivity index (χ0n) is 15.8. The number of nitrogens with zero attached hydrogens (tertiary/aromatic N) is 1. The minimum Gasteiger partial charge on any atom is -0.354 e. The van der Waals surface area contributed by atoms with Crippen LogP contribution in [0, 0.1) is 5.82 Å². The summed E-state index contributed by atoms with van der Waals surface area (Å²) in [6.45, 7) is 2.00. The predicted molar refractivity (Wildman–Crippen MR) is 108 cm³/mol. The van der Waals surface area contributed by atoms with Crippen molar-refractivity contribution in [1.82, 2.24) is 10.0 Å². The van der Waals surface area contributed by atoms with Crippen LogP contribution in [0.25, 0.3) is 4.91 Å². The van der Waals surface area contributed by atoms with Gasteiger partial charge in [0.15, 0.2) is 0 Å². The summed E-state index contributed by atoms with van der Waals surface area (Å²) in [4.78, 5) is 16.2. The monoisotopic (exact) mass is 405 g/mol. The minimum atomic E-state index is -3.79. The van der Waals surface area contributed by atoms with Crippen molar-refractivity contribution in [2.45, 2.75) is 39.0 Å². The standard InChI is InChI=1S/C20H24FN3O3S/c1-14-19(16-7-9-17(21)10-8-16)28(26,27)24-20(14)23-13-18(25)22-12-11-15-5-3-2-4-6-15/h5,7-10H,2-4,6,11-13H2,1H3,(H,22,25)(H,23,24). The molecule has 0 atom stereocenters. The minimum absolute atomic E-state index is 0.0518. The van der Waals surface area contributed by atoms with Crippen LogP contribution < -0.4 is 10.0 Å². The first-order valence-electron chi connectivity index (χ1n) is 9.36. The summed E-state index contributed by atoms with van der Waals surface area (Å²) in [6, 6.07) is 5.22. The number of halogens is 1. The Kier molecular flexibility index (Phi) is 6.28. The summed E-state index contributed by atoms with van der Waals surface area (Å²) < 4.78 is 40.3. The van der Waals surface area contributed by atoms with Crippen LogP contribution in [0.15, 0.2) is 46.5 Å². The van der Waals surface area contributed by atoms with Crippen LogP contribution in [-0.2, 0) is 14.8 Å². The van der Waals surface area contributed by atoms with Gasteiger partial charge in [-0.1, -0.05) is 23.8 Å². The summed E-state index contributed by atoms with van der Waals surface area (Å²) >= 11 is 0. The molecule has 0 saturated heterocycles. The molecular formula is C20H24FN3O3S. The molecule has 150 valence electrons. The van der Waals surface area contributed by atoms with Crippen molar-refractivity contribution in [2.75, 3.05) is 13.1 Å². The molecule has 1 aliphatic heterocycles. The van der Waals surface area contributed by atoms with E-state index in [4.69, 9.17) is 0 Å². The Morgan fingerprint density at radius 1 is 1.25 bits per heavy atom. The summed E-state index contributed by atoms with van der Waals surface area (Å²) in [7, 11) is -3.79. The number of amides is 1. The molecule has 0 saturated carbocycles. The lowest BCUT2D eigenvalue weighted by molar-refractivity contribution is -0.119. The molecule has 1 aromatic rings. The van der Waals surface area contributed by atoms with E-state index in [-0.39, 0.29) is 23.2 Å². The van der Waals surface area contributed by atoms with Crippen LogP contribution in [0.4, 0.5) is 4.39 Å². The van der Waals surface area contributed by atoms with Gasteiger partial charge in [0, 0.05) is 12.1 Å². The quantitative estimate of drug-likeness (QED) is 0.714. The van der Waals surface area contributed by atoms with E-state index in [1.54, 1.807) is 6.92 Å². The number of hydrogen-bond donors (Lipinski definition) is 2. The second kappa shape index (κ2) is 8.68. The SMILES string of the molecule is CC1=C(c2ccc(F)cc2)S(=O)(=O)NC1=NCC(=O)NCCC1=CCCCC1. The topological polar surface area (TPSA) is 87.6 Å². The Morgan fingerprint density at radius 3 is 2.68 bits per heavy atom. The molecule has 1 amide bonds. The largest absolute Gasteiger partial charge is 0.354 e. The first kappa shape index (κ1) is 20.3. The van der Waals surface area contributed by atoms with Gasteiger partial charge in [-0.25, -0.2) is 12.8 Å². The number of carbonyl (C=O) groups is 1. The fourth-order valence-electron chi connectivity index (χ4n) is 3.39. The lowest BCUT2D eigenvalue weighted by Gasteiger charge is -2.12. The van der Waals surface area contributed by atoms with Crippen molar-refractivity contribution in [3.63, 3.8) is 0 Å². The maximum atomic E-state index is 13.1. The van der Waals surface area contributed by atoms with Gasteiger partial charge in [-0.05, 0) is 56.7 Å². The van der Waals surface area contributed by atoms with Crippen molar-refractivity contribution in [3.05, 3.63) is 52.9 Å². The zero-order chi connectivity index (χ0) is 20.1. The van der Waals surface area contributed by atoms with Gasteiger partial charge in [-0.3, -0.25) is 14.5 Å². The summed E-state index contributed by atoms with van der Waals surface area (Å²) in [5, 5.41) is 2.82. The second-order valence-corrected chi connectivity index (χ2v) is 8.56. The van der Waals surface area contributed by atoms with Crippen LogP contribution >= 0.6 is 0 Å². The summed E-state index contributed by atoms with van der Waals surface area (Å²) in [5.74, 6) is -0.560. The number of allylic oxidation sites excluding steroid dienone is 1. The van der Waals surface area contributed by atoms with Gasteiger partial charge < -0.3 is 5.32 Å². The van der Waals surface area contributed by atoms with Crippen LogP contribution in [0.1, 0.15) is 44.6 Å². The maximum absolute atomic E-state index is 13.1. The Bertz CT molecular complexity index is 947. The summed E-state index contributed by atoms with van der Waals surface area (Å²) in [5.41, 5.74) is 2.16. The van der Waals surface area contributed by atoms with Crippen LogP contribution in [-0.4, -0.2) is 33.3 Å². The van der Waals surface area contributed by atoms with Gasteiger partial charge >= 0.3 is 0 Å². The van der Waals surface area contributed by atoms with Gasteiger partial charge in [0.1, 0.15) is 23.1 Å². The van der Waals surface area contributed by atoms with Gasteiger partial charge in [-0.15, -0.1) is 0 Å². The Hall–Kier alpha value is -2.48. The highest BCUT2D eigenvalue weighted by molar-refractivity contribution is 8.00. The number of benzene rings is 1. The molecule has 1 aromatic carbocycles. The molecule has 6 nitrogen and oxygen atoms in total. The number of amidine groups is 1. The second-order valence-electron chi connectivity index (χ2n) is 6.94. The molecule has 0 bridgehead atoms. The first-order chi connectivity index (χ1) is 13.4. The Balaban J connectivity index is 1.62. The predicted octanol–water partition coefficient (Wildman–Crippen LogP) is 2.89. The molecule has 0 aromatic heterocycles.